The average molecular weight is 285 g/mol. The summed E-state index contributed by atoms with van der Waals surface area (Å²) >= 11 is 12.0. The number of halogens is 2. The van der Waals surface area contributed by atoms with Crippen LogP contribution >= 0.6 is 23.2 Å². The maximum atomic E-state index is 6.06. The number of nitrogens with zero attached hydrogens (tertiary/aromatic N) is 1. The van der Waals surface area contributed by atoms with E-state index in [1.807, 2.05) is 12.1 Å². The van der Waals surface area contributed by atoms with Gasteiger partial charge in [-0.25, -0.2) is 0 Å². The third-order valence-corrected chi connectivity index (χ3v) is 4.55. The SMILES string of the molecule is CO/N=C(/c1ccc(Cl)c(Cl)c1)C1C2CNCC21. The third-order valence-electron chi connectivity index (χ3n) is 3.81. The van der Waals surface area contributed by atoms with Crippen LogP contribution < -0.4 is 5.32 Å². The van der Waals surface area contributed by atoms with E-state index < -0.39 is 0 Å². The number of fused-ring (bicyclic) bond motifs is 1. The molecule has 1 aromatic rings. The van der Waals surface area contributed by atoms with Crippen LogP contribution in [0, 0.1) is 17.8 Å². The lowest BCUT2D eigenvalue weighted by Gasteiger charge is -2.09. The molecule has 0 spiro atoms. The van der Waals surface area contributed by atoms with Gasteiger partial charge in [-0.05, 0) is 37.1 Å². The van der Waals surface area contributed by atoms with E-state index in [4.69, 9.17) is 28.0 Å². The van der Waals surface area contributed by atoms with Crippen molar-refractivity contribution in [1.29, 1.82) is 0 Å². The van der Waals surface area contributed by atoms with Crippen molar-refractivity contribution in [2.45, 2.75) is 0 Å². The zero-order valence-corrected chi connectivity index (χ0v) is 11.5. The Morgan fingerprint density at radius 2 is 2.00 bits per heavy atom. The van der Waals surface area contributed by atoms with E-state index in [1.54, 1.807) is 13.2 Å². The van der Waals surface area contributed by atoms with Gasteiger partial charge in [0.05, 0.1) is 15.8 Å². The average Bonchev–Trinajstić information content (AvgIpc) is 2.82. The van der Waals surface area contributed by atoms with E-state index in [2.05, 4.69) is 10.5 Å². The minimum absolute atomic E-state index is 0.489. The topological polar surface area (TPSA) is 33.6 Å². The standard InChI is InChI=1S/C13H14Cl2N2O/c1-18-17-13(12-8-5-16-6-9(8)12)7-2-3-10(14)11(15)4-7/h2-4,8-9,12,16H,5-6H2,1H3/b17-13-. The molecule has 1 aliphatic carbocycles. The number of oxime groups is 1. The Balaban J connectivity index is 1.90. The lowest BCUT2D eigenvalue weighted by Crippen LogP contribution is -2.19. The van der Waals surface area contributed by atoms with Crippen LogP contribution in [0.4, 0.5) is 0 Å². The van der Waals surface area contributed by atoms with Crippen molar-refractivity contribution >= 4 is 28.9 Å². The normalized spacial score (nSPS) is 30.2. The Morgan fingerprint density at radius 3 is 2.61 bits per heavy atom. The van der Waals surface area contributed by atoms with E-state index in [0.29, 0.717) is 27.8 Å². The second-order valence-electron chi connectivity index (χ2n) is 4.80. The number of benzene rings is 1. The summed E-state index contributed by atoms with van der Waals surface area (Å²) in [7, 11) is 1.58. The van der Waals surface area contributed by atoms with Crippen molar-refractivity contribution < 1.29 is 4.84 Å². The van der Waals surface area contributed by atoms with Gasteiger partial charge in [-0.1, -0.05) is 34.4 Å². The molecule has 18 heavy (non-hydrogen) atoms. The minimum atomic E-state index is 0.489. The summed E-state index contributed by atoms with van der Waals surface area (Å²) in [4.78, 5) is 4.99. The molecule has 1 aromatic carbocycles. The van der Waals surface area contributed by atoms with E-state index >= 15 is 0 Å². The summed E-state index contributed by atoms with van der Waals surface area (Å²) in [6.07, 6.45) is 0. The summed E-state index contributed by atoms with van der Waals surface area (Å²) in [5, 5.41) is 8.70. The first-order chi connectivity index (χ1) is 8.72. The van der Waals surface area contributed by atoms with Gasteiger partial charge in [-0.2, -0.15) is 0 Å². The van der Waals surface area contributed by atoms with E-state index in [-0.39, 0.29) is 0 Å². The molecule has 1 saturated carbocycles. The van der Waals surface area contributed by atoms with Gasteiger partial charge >= 0.3 is 0 Å². The molecule has 96 valence electrons. The molecule has 1 aliphatic heterocycles. The summed E-state index contributed by atoms with van der Waals surface area (Å²) in [5.41, 5.74) is 2.00. The van der Waals surface area contributed by atoms with Crippen LogP contribution in [0.3, 0.4) is 0 Å². The van der Waals surface area contributed by atoms with Crippen molar-refractivity contribution in [3.8, 4) is 0 Å². The van der Waals surface area contributed by atoms with Crippen LogP contribution in [-0.4, -0.2) is 25.9 Å². The minimum Gasteiger partial charge on any atom is -0.399 e. The van der Waals surface area contributed by atoms with Crippen molar-refractivity contribution in [3.05, 3.63) is 33.8 Å². The number of hydrogen-bond acceptors (Lipinski definition) is 3. The van der Waals surface area contributed by atoms with Gasteiger partial charge in [0.25, 0.3) is 0 Å². The molecule has 2 atom stereocenters. The maximum absolute atomic E-state index is 6.06. The van der Waals surface area contributed by atoms with Gasteiger partial charge in [0, 0.05) is 11.5 Å². The van der Waals surface area contributed by atoms with Crippen LogP contribution in [0.15, 0.2) is 23.4 Å². The smallest absolute Gasteiger partial charge is 0.106 e. The molecular weight excluding hydrogens is 271 g/mol. The molecule has 0 amide bonds. The predicted molar refractivity (Wildman–Crippen MR) is 73.3 cm³/mol. The lowest BCUT2D eigenvalue weighted by molar-refractivity contribution is 0.212. The van der Waals surface area contributed by atoms with Gasteiger partial charge < -0.3 is 10.2 Å². The van der Waals surface area contributed by atoms with Crippen molar-refractivity contribution in [2.24, 2.45) is 22.9 Å². The Morgan fingerprint density at radius 1 is 1.28 bits per heavy atom. The Bertz CT molecular complexity index is 494. The van der Waals surface area contributed by atoms with Gasteiger partial charge in [-0.3, -0.25) is 0 Å². The molecule has 1 N–H and O–H groups in total. The summed E-state index contributed by atoms with van der Waals surface area (Å²) in [6, 6.07) is 5.62. The molecule has 5 heteroatoms. The van der Waals surface area contributed by atoms with Crippen LogP contribution in [0.25, 0.3) is 0 Å². The molecule has 0 aromatic heterocycles. The first-order valence-electron chi connectivity index (χ1n) is 5.99. The predicted octanol–water partition coefficient (Wildman–Crippen LogP) is 2.81. The summed E-state index contributed by atoms with van der Waals surface area (Å²) in [5.74, 6) is 1.87. The van der Waals surface area contributed by atoms with Crippen molar-refractivity contribution in [2.75, 3.05) is 20.2 Å². The lowest BCUT2D eigenvalue weighted by atomic mass is 10.0. The largest absolute Gasteiger partial charge is 0.399 e. The molecule has 3 nitrogen and oxygen atoms in total. The summed E-state index contributed by atoms with van der Waals surface area (Å²) < 4.78 is 0. The second kappa shape index (κ2) is 4.72. The zero-order valence-electron chi connectivity index (χ0n) is 9.99. The highest BCUT2D eigenvalue weighted by Gasteiger charge is 2.55. The molecule has 1 saturated heterocycles. The van der Waals surface area contributed by atoms with Crippen molar-refractivity contribution in [3.63, 3.8) is 0 Å². The Labute approximate surface area is 116 Å². The highest BCUT2D eigenvalue weighted by atomic mass is 35.5. The number of rotatable bonds is 3. The van der Waals surface area contributed by atoms with Gasteiger partial charge in [0.2, 0.25) is 0 Å². The van der Waals surface area contributed by atoms with Crippen LogP contribution in [-0.2, 0) is 4.84 Å². The molecule has 0 radical (unpaired) electrons. The first kappa shape index (κ1) is 12.3. The number of piperidine rings is 1. The Kier molecular flexibility index (Phi) is 3.22. The van der Waals surface area contributed by atoms with Crippen molar-refractivity contribution in [1.82, 2.24) is 5.32 Å². The molecule has 2 fully saturated rings. The van der Waals surface area contributed by atoms with Crippen LogP contribution in [0.5, 0.6) is 0 Å². The van der Waals surface area contributed by atoms with Gasteiger partial charge in [0.15, 0.2) is 0 Å². The van der Waals surface area contributed by atoms with Gasteiger partial charge in [-0.15, -0.1) is 0 Å². The van der Waals surface area contributed by atoms with E-state index in [0.717, 1.165) is 24.4 Å². The summed E-state index contributed by atoms with van der Waals surface area (Å²) in [6.45, 7) is 2.14. The quantitative estimate of drug-likeness (QED) is 0.684. The fraction of sp³-hybridized carbons (Fsp3) is 0.462. The van der Waals surface area contributed by atoms with Crippen LogP contribution in [0.1, 0.15) is 5.56 Å². The second-order valence-corrected chi connectivity index (χ2v) is 5.61. The molecule has 1 heterocycles. The highest BCUT2D eigenvalue weighted by molar-refractivity contribution is 6.42. The molecule has 2 unspecified atom stereocenters. The maximum Gasteiger partial charge on any atom is 0.106 e. The molecule has 0 bridgehead atoms. The molecule has 2 aliphatic rings. The third kappa shape index (κ3) is 2.00. The fourth-order valence-electron chi connectivity index (χ4n) is 2.88. The monoisotopic (exact) mass is 284 g/mol. The molecular formula is C13H14Cl2N2O. The highest BCUT2D eigenvalue weighted by Crippen LogP contribution is 2.50. The number of hydrogen-bond donors (Lipinski definition) is 1. The van der Waals surface area contributed by atoms with E-state index in [9.17, 15) is 0 Å². The first-order valence-corrected chi connectivity index (χ1v) is 6.75. The van der Waals surface area contributed by atoms with Crippen LogP contribution in [0.2, 0.25) is 10.0 Å². The zero-order chi connectivity index (χ0) is 12.7. The van der Waals surface area contributed by atoms with Gasteiger partial charge in [0.1, 0.15) is 7.11 Å². The number of nitrogens with one attached hydrogen (secondary N) is 1. The fourth-order valence-corrected chi connectivity index (χ4v) is 3.18. The Hall–Kier alpha value is -0.770. The van der Waals surface area contributed by atoms with E-state index in [1.165, 1.54) is 0 Å². The molecule has 3 rings (SSSR count).